The predicted molar refractivity (Wildman–Crippen MR) is 71.5 cm³/mol. The Balaban J connectivity index is 1.67. The molecule has 104 valence electrons. The minimum atomic E-state index is -0.678. The van der Waals surface area contributed by atoms with Crippen molar-refractivity contribution in [2.45, 2.75) is 13.0 Å². The van der Waals surface area contributed by atoms with Crippen LogP contribution in [0.3, 0.4) is 0 Å². The molecule has 2 aromatic heterocycles. The average molecular weight is 273 g/mol. The van der Waals surface area contributed by atoms with Gasteiger partial charge in [-0.2, -0.15) is 0 Å². The molecule has 0 saturated carbocycles. The zero-order valence-electron chi connectivity index (χ0n) is 10.8. The van der Waals surface area contributed by atoms with Crippen molar-refractivity contribution in [3.8, 4) is 0 Å². The molecule has 2 N–H and O–H groups in total. The van der Waals surface area contributed by atoms with E-state index in [1.165, 1.54) is 6.26 Å². The zero-order valence-corrected chi connectivity index (χ0v) is 10.8. The Hall–Kier alpha value is -2.63. The summed E-state index contributed by atoms with van der Waals surface area (Å²) in [6.07, 6.45) is 3.78. The minimum Gasteiger partial charge on any atom is -0.467 e. The van der Waals surface area contributed by atoms with E-state index in [2.05, 4.69) is 15.6 Å². The normalized spacial score (nSPS) is 10.0. The van der Waals surface area contributed by atoms with Crippen LogP contribution in [0.4, 0.5) is 0 Å². The Morgan fingerprint density at radius 3 is 2.65 bits per heavy atom. The molecule has 0 fully saturated rings. The highest BCUT2D eigenvalue weighted by Crippen LogP contribution is 1.98. The lowest BCUT2D eigenvalue weighted by molar-refractivity contribution is -0.139. The zero-order chi connectivity index (χ0) is 14.2. The van der Waals surface area contributed by atoms with E-state index in [0.29, 0.717) is 18.7 Å². The molecule has 6 nitrogen and oxygen atoms in total. The standard InChI is InChI=1S/C14H15N3O3/c18-13(14(19)17-10-12-5-3-9-20-12)16-8-6-11-4-1-2-7-15-11/h1-5,7,9H,6,8,10H2,(H,16,18)(H,17,19). The highest BCUT2D eigenvalue weighted by Gasteiger charge is 2.12. The van der Waals surface area contributed by atoms with Crippen LogP contribution in [0.25, 0.3) is 0 Å². The number of carbonyl (C=O) groups is 2. The fraction of sp³-hybridized carbons (Fsp3) is 0.214. The molecular weight excluding hydrogens is 258 g/mol. The van der Waals surface area contributed by atoms with Crippen molar-refractivity contribution in [1.82, 2.24) is 15.6 Å². The molecule has 0 saturated heterocycles. The molecule has 0 aliphatic rings. The summed E-state index contributed by atoms with van der Waals surface area (Å²) < 4.78 is 5.05. The van der Waals surface area contributed by atoms with Gasteiger partial charge in [-0.25, -0.2) is 0 Å². The SMILES string of the molecule is O=C(NCCc1ccccn1)C(=O)NCc1ccco1. The Morgan fingerprint density at radius 2 is 1.95 bits per heavy atom. The van der Waals surface area contributed by atoms with Crippen LogP contribution >= 0.6 is 0 Å². The second-order valence-corrected chi connectivity index (χ2v) is 4.09. The van der Waals surface area contributed by atoms with Gasteiger partial charge in [-0.15, -0.1) is 0 Å². The number of rotatable bonds is 5. The number of hydrogen-bond acceptors (Lipinski definition) is 4. The summed E-state index contributed by atoms with van der Waals surface area (Å²) in [6, 6.07) is 9.00. The van der Waals surface area contributed by atoms with Crippen LogP contribution in [0.15, 0.2) is 47.2 Å². The molecule has 2 aromatic rings. The number of nitrogens with zero attached hydrogens (tertiary/aromatic N) is 1. The third-order valence-electron chi connectivity index (χ3n) is 2.60. The molecule has 0 spiro atoms. The molecule has 0 radical (unpaired) electrons. The van der Waals surface area contributed by atoms with E-state index in [0.717, 1.165) is 5.69 Å². The summed E-state index contributed by atoms with van der Waals surface area (Å²) in [7, 11) is 0. The van der Waals surface area contributed by atoms with Gasteiger partial charge in [-0.05, 0) is 24.3 Å². The van der Waals surface area contributed by atoms with E-state index in [1.807, 2.05) is 18.2 Å². The average Bonchev–Trinajstić information content (AvgIpc) is 2.99. The van der Waals surface area contributed by atoms with Gasteiger partial charge in [0, 0.05) is 24.9 Å². The molecule has 2 heterocycles. The van der Waals surface area contributed by atoms with Gasteiger partial charge >= 0.3 is 11.8 Å². The topological polar surface area (TPSA) is 84.2 Å². The highest BCUT2D eigenvalue weighted by atomic mass is 16.3. The Kier molecular flexibility index (Phi) is 4.88. The summed E-state index contributed by atoms with van der Waals surface area (Å²) in [5, 5.41) is 5.01. The molecular formula is C14H15N3O3. The number of hydrogen-bond donors (Lipinski definition) is 2. The molecule has 0 atom stereocenters. The van der Waals surface area contributed by atoms with Gasteiger partial charge in [-0.1, -0.05) is 6.07 Å². The fourth-order valence-electron chi connectivity index (χ4n) is 1.59. The largest absolute Gasteiger partial charge is 0.467 e. The first-order valence-electron chi connectivity index (χ1n) is 6.24. The second-order valence-electron chi connectivity index (χ2n) is 4.09. The van der Waals surface area contributed by atoms with Gasteiger partial charge in [0.05, 0.1) is 12.8 Å². The van der Waals surface area contributed by atoms with Crippen molar-refractivity contribution in [2.24, 2.45) is 0 Å². The summed E-state index contributed by atoms with van der Waals surface area (Å²) in [5.41, 5.74) is 0.865. The van der Waals surface area contributed by atoms with E-state index in [4.69, 9.17) is 4.42 Å². The molecule has 0 aromatic carbocycles. The van der Waals surface area contributed by atoms with Gasteiger partial charge in [0.1, 0.15) is 5.76 Å². The van der Waals surface area contributed by atoms with Crippen LogP contribution in [-0.2, 0) is 22.6 Å². The van der Waals surface area contributed by atoms with E-state index < -0.39 is 11.8 Å². The van der Waals surface area contributed by atoms with Gasteiger partial charge < -0.3 is 15.1 Å². The van der Waals surface area contributed by atoms with Gasteiger partial charge in [0.2, 0.25) is 0 Å². The third-order valence-corrected chi connectivity index (χ3v) is 2.60. The lowest BCUT2D eigenvalue weighted by Crippen LogP contribution is -2.40. The van der Waals surface area contributed by atoms with Crippen LogP contribution in [0, 0.1) is 0 Å². The van der Waals surface area contributed by atoms with Crippen molar-refractivity contribution in [3.05, 3.63) is 54.2 Å². The lowest BCUT2D eigenvalue weighted by Gasteiger charge is -2.05. The first kappa shape index (κ1) is 13.8. The maximum atomic E-state index is 11.5. The maximum Gasteiger partial charge on any atom is 0.309 e. The predicted octanol–water partition coefficient (Wildman–Crippen LogP) is 0.650. The number of nitrogens with one attached hydrogen (secondary N) is 2. The van der Waals surface area contributed by atoms with Crippen LogP contribution in [0.2, 0.25) is 0 Å². The molecule has 2 amide bonds. The van der Waals surface area contributed by atoms with E-state index >= 15 is 0 Å². The number of furan rings is 1. The van der Waals surface area contributed by atoms with Crippen LogP contribution in [0.5, 0.6) is 0 Å². The lowest BCUT2D eigenvalue weighted by atomic mass is 10.3. The second kappa shape index (κ2) is 7.08. The summed E-state index contributed by atoms with van der Waals surface area (Å²) in [4.78, 5) is 27.1. The summed E-state index contributed by atoms with van der Waals surface area (Å²) >= 11 is 0. The molecule has 20 heavy (non-hydrogen) atoms. The first-order chi connectivity index (χ1) is 9.75. The minimum absolute atomic E-state index is 0.194. The van der Waals surface area contributed by atoms with Gasteiger partial charge in [0.25, 0.3) is 0 Å². The van der Waals surface area contributed by atoms with E-state index in [1.54, 1.807) is 18.3 Å². The van der Waals surface area contributed by atoms with Crippen molar-refractivity contribution < 1.29 is 14.0 Å². The monoisotopic (exact) mass is 273 g/mol. The molecule has 2 rings (SSSR count). The summed E-state index contributed by atoms with van der Waals surface area (Å²) in [6.45, 7) is 0.559. The van der Waals surface area contributed by atoms with Gasteiger partial charge in [-0.3, -0.25) is 14.6 Å². The van der Waals surface area contributed by atoms with Crippen molar-refractivity contribution in [2.75, 3.05) is 6.54 Å². The number of aromatic nitrogens is 1. The van der Waals surface area contributed by atoms with Crippen molar-refractivity contribution in [1.29, 1.82) is 0 Å². The van der Waals surface area contributed by atoms with E-state index in [9.17, 15) is 9.59 Å². The van der Waals surface area contributed by atoms with Crippen LogP contribution in [0.1, 0.15) is 11.5 Å². The van der Waals surface area contributed by atoms with Crippen LogP contribution < -0.4 is 10.6 Å². The fourth-order valence-corrected chi connectivity index (χ4v) is 1.59. The Bertz CT molecular complexity index is 552. The Labute approximate surface area is 116 Å². The van der Waals surface area contributed by atoms with Crippen molar-refractivity contribution in [3.63, 3.8) is 0 Å². The smallest absolute Gasteiger partial charge is 0.309 e. The molecule has 0 aliphatic heterocycles. The highest BCUT2D eigenvalue weighted by molar-refractivity contribution is 6.35. The summed E-state index contributed by atoms with van der Waals surface area (Å²) in [5.74, 6) is -0.741. The Morgan fingerprint density at radius 1 is 1.10 bits per heavy atom. The quantitative estimate of drug-likeness (QED) is 0.783. The molecule has 0 bridgehead atoms. The molecule has 0 unspecified atom stereocenters. The number of pyridine rings is 1. The third kappa shape index (κ3) is 4.24. The van der Waals surface area contributed by atoms with Crippen LogP contribution in [-0.4, -0.2) is 23.3 Å². The first-order valence-corrected chi connectivity index (χ1v) is 6.24. The molecule has 6 heteroatoms. The number of amides is 2. The van der Waals surface area contributed by atoms with Crippen molar-refractivity contribution >= 4 is 11.8 Å². The molecule has 0 aliphatic carbocycles. The number of carbonyl (C=O) groups excluding carboxylic acids is 2. The van der Waals surface area contributed by atoms with Gasteiger partial charge in [0.15, 0.2) is 0 Å². The van der Waals surface area contributed by atoms with E-state index in [-0.39, 0.29) is 6.54 Å². The maximum absolute atomic E-state index is 11.5.